The van der Waals surface area contributed by atoms with E-state index in [4.69, 9.17) is 5.11 Å². The highest BCUT2D eigenvalue weighted by molar-refractivity contribution is 5.94. The van der Waals surface area contributed by atoms with Crippen LogP contribution in [0.4, 0.5) is 5.69 Å². The van der Waals surface area contributed by atoms with Crippen LogP contribution in [0.25, 0.3) is 0 Å². The highest BCUT2D eigenvalue weighted by atomic mass is 16.6. The van der Waals surface area contributed by atoms with Gasteiger partial charge in [0, 0.05) is 30.7 Å². The van der Waals surface area contributed by atoms with Crippen molar-refractivity contribution in [2.75, 3.05) is 6.54 Å². The number of nitrogens with zero attached hydrogens (tertiary/aromatic N) is 1. The lowest BCUT2D eigenvalue weighted by Gasteiger charge is -2.04. The van der Waals surface area contributed by atoms with Gasteiger partial charge in [-0.1, -0.05) is 12.5 Å². The van der Waals surface area contributed by atoms with Gasteiger partial charge in [-0.25, -0.2) is 0 Å². The molecule has 1 rings (SSSR count). The summed E-state index contributed by atoms with van der Waals surface area (Å²) >= 11 is 0. The highest BCUT2D eigenvalue weighted by Crippen LogP contribution is 2.12. The summed E-state index contributed by atoms with van der Waals surface area (Å²) in [5, 5.41) is 21.7. The van der Waals surface area contributed by atoms with Crippen LogP contribution >= 0.6 is 0 Å². The molecule has 0 aromatic heterocycles. The molecule has 1 aromatic rings. The first kappa shape index (κ1) is 15.6. The summed E-state index contributed by atoms with van der Waals surface area (Å²) in [6.45, 7) is 0.418. The Bertz CT molecular complexity index is 501. The average molecular weight is 280 g/mol. The fraction of sp³-hybridized carbons (Fsp3) is 0.385. The van der Waals surface area contributed by atoms with Gasteiger partial charge in [-0.05, 0) is 18.9 Å². The fourth-order valence-electron chi connectivity index (χ4n) is 1.64. The minimum Gasteiger partial charge on any atom is -0.481 e. The van der Waals surface area contributed by atoms with E-state index in [-0.39, 0.29) is 23.6 Å². The quantitative estimate of drug-likeness (QED) is 0.430. The fourth-order valence-corrected chi connectivity index (χ4v) is 1.64. The zero-order valence-corrected chi connectivity index (χ0v) is 10.9. The Balaban J connectivity index is 2.34. The predicted octanol–water partition coefficient (Wildman–Crippen LogP) is 1.97. The Hall–Kier alpha value is -2.44. The summed E-state index contributed by atoms with van der Waals surface area (Å²) in [6.07, 6.45) is 2.08. The average Bonchev–Trinajstić information content (AvgIpc) is 2.42. The summed E-state index contributed by atoms with van der Waals surface area (Å²) in [7, 11) is 0. The molecule has 0 bridgehead atoms. The summed E-state index contributed by atoms with van der Waals surface area (Å²) in [5.74, 6) is -1.20. The molecule has 20 heavy (non-hydrogen) atoms. The summed E-state index contributed by atoms with van der Waals surface area (Å²) in [6, 6.07) is 5.51. The molecule has 0 unspecified atom stereocenters. The number of non-ortho nitro benzene ring substituents is 1. The zero-order chi connectivity index (χ0) is 15.0. The first-order valence-electron chi connectivity index (χ1n) is 6.25. The maximum Gasteiger partial charge on any atom is 0.303 e. The largest absolute Gasteiger partial charge is 0.481 e. The standard InChI is InChI=1S/C13H16N2O5/c16-12(17)7-2-1-3-8-14-13(18)10-5-4-6-11(9-10)15(19)20/h4-6,9H,1-3,7-8H2,(H,14,18)(H,16,17). The van der Waals surface area contributed by atoms with Crippen LogP contribution in [-0.2, 0) is 4.79 Å². The maximum absolute atomic E-state index is 11.7. The second-order valence-electron chi connectivity index (χ2n) is 4.27. The summed E-state index contributed by atoms with van der Waals surface area (Å²) in [4.78, 5) is 32.1. The number of nitro groups is 1. The first-order chi connectivity index (χ1) is 9.50. The number of unbranched alkanes of at least 4 members (excludes halogenated alkanes) is 2. The molecule has 0 saturated heterocycles. The SMILES string of the molecule is O=C(O)CCCCCNC(=O)c1cccc([N+](=O)[O-])c1. The Labute approximate surface area is 115 Å². The smallest absolute Gasteiger partial charge is 0.303 e. The van der Waals surface area contributed by atoms with E-state index in [2.05, 4.69) is 5.32 Å². The molecular formula is C13H16N2O5. The number of benzene rings is 1. The Morgan fingerprint density at radius 1 is 1.25 bits per heavy atom. The van der Waals surface area contributed by atoms with Crippen molar-refractivity contribution in [3.05, 3.63) is 39.9 Å². The van der Waals surface area contributed by atoms with Crippen LogP contribution in [0.2, 0.25) is 0 Å². The van der Waals surface area contributed by atoms with Crippen LogP contribution < -0.4 is 5.32 Å². The Morgan fingerprint density at radius 3 is 2.65 bits per heavy atom. The van der Waals surface area contributed by atoms with Gasteiger partial charge in [-0.15, -0.1) is 0 Å². The number of nitrogens with one attached hydrogen (secondary N) is 1. The van der Waals surface area contributed by atoms with Crippen molar-refractivity contribution in [3.8, 4) is 0 Å². The van der Waals surface area contributed by atoms with Crippen molar-refractivity contribution in [2.45, 2.75) is 25.7 Å². The number of nitro benzene ring substituents is 1. The van der Waals surface area contributed by atoms with E-state index in [9.17, 15) is 19.7 Å². The van der Waals surface area contributed by atoms with Gasteiger partial charge in [0.15, 0.2) is 0 Å². The summed E-state index contributed by atoms with van der Waals surface area (Å²) in [5.41, 5.74) is 0.115. The molecule has 0 aliphatic heterocycles. The molecule has 7 nitrogen and oxygen atoms in total. The molecule has 0 spiro atoms. The molecule has 2 N–H and O–H groups in total. The Kier molecular flexibility index (Phi) is 6.15. The first-order valence-corrected chi connectivity index (χ1v) is 6.25. The van der Waals surface area contributed by atoms with Crippen LogP contribution in [0.15, 0.2) is 24.3 Å². The van der Waals surface area contributed by atoms with Crippen LogP contribution in [0, 0.1) is 10.1 Å². The number of aliphatic carboxylic acids is 1. The van der Waals surface area contributed by atoms with E-state index in [1.807, 2.05) is 0 Å². The van der Waals surface area contributed by atoms with Crippen LogP contribution in [0.5, 0.6) is 0 Å². The van der Waals surface area contributed by atoms with Crippen molar-refractivity contribution in [3.63, 3.8) is 0 Å². The van der Waals surface area contributed by atoms with Gasteiger partial charge in [0.05, 0.1) is 4.92 Å². The van der Waals surface area contributed by atoms with E-state index in [0.717, 1.165) is 0 Å². The third-order valence-electron chi connectivity index (χ3n) is 2.67. The molecule has 0 heterocycles. The van der Waals surface area contributed by atoms with Gasteiger partial charge in [-0.2, -0.15) is 0 Å². The third-order valence-corrected chi connectivity index (χ3v) is 2.67. The topological polar surface area (TPSA) is 110 Å². The van der Waals surface area contributed by atoms with Crippen LogP contribution in [0.3, 0.4) is 0 Å². The number of hydrogen-bond donors (Lipinski definition) is 2. The normalized spacial score (nSPS) is 10.0. The van der Waals surface area contributed by atoms with E-state index in [0.29, 0.717) is 25.8 Å². The molecule has 0 fully saturated rings. The molecule has 0 aliphatic carbocycles. The van der Waals surface area contributed by atoms with Gasteiger partial charge in [0.1, 0.15) is 0 Å². The molecule has 0 radical (unpaired) electrons. The number of amides is 1. The van der Waals surface area contributed by atoms with Crippen LogP contribution in [0.1, 0.15) is 36.0 Å². The van der Waals surface area contributed by atoms with Gasteiger partial charge >= 0.3 is 5.97 Å². The van der Waals surface area contributed by atoms with Gasteiger partial charge < -0.3 is 10.4 Å². The van der Waals surface area contributed by atoms with Crippen LogP contribution in [-0.4, -0.2) is 28.5 Å². The highest BCUT2D eigenvalue weighted by Gasteiger charge is 2.10. The number of carbonyl (C=O) groups is 2. The third kappa shape index (κ3) is 5.47. The monoisotopic (exact) mass is 280 g/mol. The number of carboxylic acid groups (broad SMARTS) is 1. The van der Waals surface area contributed by atoms with Gasteiger partial charge in [-0.3, -0.25) is 19.7 Å². The van der Waals surface area contributed by atoms with E-state index in [1.54, 1.807) is 0 Å². The number of rotatable bonds is 8. The molecule has 1 amide bonds. The van der Waals surface area contributed by atoms with Gasteiger partial charge in [0.2, 0.25) is 0 Å². The molecule has 7 heteroatoms. The van der Waals surface area contributed by atoms with Crippen molar-refractivity contribution < 1.29 is 19.6 Å². The van der Waals surface area contributed by atoms with Crippen molar-refractivity contribution in [1.82, 2.24) is 5.32 Å². The second-order valence-corrected chi connectivity index (χ2v) is 4.27. The van der Waals surface area contributed by atoms with E-state index < -0.39 is 10.9 Å². The molecule has 0 saturated carbocycles. The molecule has 0 aliphatic rings. The summed E-state index contributed by atoms with van der Waals surface area (Å²) < 4.78 is 0. The zero-order valence-electron chi connectivity index (χ0n) is 10.9. The minimum atomic E-state index is -0.828. The van der Waals surface area contributed by atoms with Crippen molar-refractivity contribution >= 4 is 17.6 Å². The second kappa shape index (κ2) is 7.88. The molecule has 1 aromatic carbocycles. The lowest BCUT2D eigenvalue weighted by molar-refractivity contribution is -0.384. The van der Waals surface area contributed by atoms with Crippen molar-refractivity contribution in [2.24, 2.45) is 0 Å². The number of carbonyl (C=O) groups excluding carboxylic acids is 1. The van der Waals surface area contributed by atoms with E-state index >= 15 is 0 Å². The Morgan fingerprint density at radius 2 is 2.00 bits per heavy atom. The number of carboxylic acids is 1. The van der Waals surface area contributed by atoms with E-state index in [1.165, 1.54) is 24.3 Å². The van der Waals surface area contributed by atoms with Crippen molar-refractivity contribution in [1.29, 1.82) is 0 Å². The maximum atomic E-state index is 11.7. The lowest BCUT2D eigenvalue weighted by Crippen LogP contribution is -2.24. The lowest BCUT2D eigenvalue weighted by atomic mass is 10.1. The molecule has 0 atom stereocenters. The minimum absolute atomic E-state index is 0.124. The number of hydrogen-bond acceptors (Lipinski definition) is 4. The van der Waals surface area contributed by atoms with Gasteiger partial charge in [0.25, 0.3) is 11.6 Å². The predicted molar refractivity (Wildman–Crippen MR) is 71.5 cm³/mol. The molecule has 108 valence electrons. The molecular weight excluding hydrogens is 264 g/mol.